The van der Waals surface area contributed by atoms with Gasteiger partial charge in [-0.25, -0.2) is 4.79 Å². The van der Waals surface area contributed by atoms with E-state index in [0.717, 1.165) is 12.8 Å². The molecule has 1 unspecified atom stereocenters. The van der Waals surface area contributed by atoms with Crippen LogP contribution in [0.4, 0.5) is 4.79 Å². The Bertz CT molecular complexity index is 762. The predicted octanol–water partition coefficient (Wildman–Crippen LogP) is 2.98. The molecule has 0 aromatic rings. The highest BCUT2D eigenvalue weighted by atomic mass is 16.7. The van der Waals surface area contributed by atoms with Crippen molar-refractivity contribution in [1.82, 2.24) is 0 Å². The summed E-state index contributed by atoms with van der Waals surface area (Å²) in [7, 11) is 1.29. The van der Waals surface area contributed by atoms with Gasteiger partial charge in [0.05, 0.1) is 20.3 Å². The molecule has 0 bridgehead atoms. The molecule has 140 valence electrons. The molecule has 1 saturated heterocycles. The average Bonchev–Trinajstić information content (AvgIpc) is 2.95. The molecule has 5 aliphatic rings. The van der Waals surface area contributed by atoms with E-state index in [1.165, 1.54) is 7.11 Å². The van der Waals surface area contributed by atoms with E-state index in [1.54, 1.807) is 0 Å². The van der Waals surface area contributed by atoms with Gasteiger partial charge in [-0.3, -0.25) is 4.79 Å². The van der Waals surface area contributed by atoms with Gasteiger partial charge in [0.1, 0.15) is 11.5 Å². The Balaban J connectivity index is 1.63. The van der Waals surface area contributed by atoms with Crippen molar-refractivity contribution in [3.63, 3.8) is 0 Å². The number of methoxy groups -OCH3 is 1. The number of ketones is 1. The first kappa shape index (κ1) is 16.5. The first-order valence-electron chi connectivity index (χ1n) is 9.28. The number of fused-ring (bicyclic) bond motifs is 1. The molecule has 0 N–H and O–H groups in total. The topological polar surface area (TPSA) is 71.1 Å². The Hall–Kier alpha value is -1.66. The van der Waals surface area contributed by atoms with Crippen LogP contribution in [0, 0.1) is 28.1 Å². The summed E-state index contributed by atoms with van der Waals surface area (Å²) in [5.41, 5.74) is -0.855. The number of hydrogen-bond acceptors (Lipinski definition) is 6. The van der Waals surface area contributed by atoms with Crippen molar-refractivity contribution in [3.8, 4) is 0 Å². The molecule has 1 heterocycles. The third-order valence-corrected chi connectivity index (χ3v) is 7.72. The van der Waals surface area contributed by atoms with Crippen LogP contribution in [0.15, 0.2) is 24.0 Å². The van der Waals surface area contributed by atoms with Crippen molar-refractivity contribution < 1.29 is 28.5 Å². The van der Waals surface area contributed by atoms with E-state index in [-0.39, 0.29) is 33.9 Å². The lowest BCUT2D eigenvalue weighted by molar-refractivity contribution is -0.280. The van der Waals surface area contributed by atoms with Gasteiger partial charge in [0.25, 0.3) is 0 Å². The summed E-state index contributed by atoms with van der Waals surface area (Å²) < 4.78 is 22.4. The highest BCUT2D eigenvalue weighted by Crippen LogP contribution is 2.86. The third-order valence-electron chi connectivity index (χ3n) is 7.72. The summed E-state index contributed by atoms with van der Waals surface area (Å²) in [6.07, 6.45) is 7.12. The molecule has 5 atom stereocenters. The number of allylic oxidation sites excluding steroid dienone is 3. The second-order valence-electron chi connectivity index (χ2n) is 8.85. The molecular formula is C20H24O6. The Kier molecular flexibility index (Phi) is 3.04. The monoisotopic (exact) mass is 360 g/mol. The number of carbonyl (C=O) groups excluding carboxylic acids is 2. The normalized spacial score (nSPS) is 47.0. The van der Waals surface area contributed by atoms with Gasteiger partial charge in [-0.1, -0.05) is 19.9 Å². The number of carbonyl (C=O) groups is 2. The van der Waals surface area contributed by atoms with Gasteiger partial charge in [-0.15, -0.1) is 0 Å². The van der Waals surface area contributed by atoms with Crippen LogP contribution >= 0.6 is 0 Å². The van der Waals surface area contributed by atoms with Crippen LogP contribution in [-0.4, -0.2) is 38.0 Å². The van der Waals surface area contributed by atoms with Crippen molar-refractivity contribution in [3.05, 3.63) is 24.0 Å². The minimum atomic E-state index is -0.740. The molecule has 4 fully saturated rings. The van der Waals surface area contributed by atoms with Gasteiger partial charge >= 0.3 is 6.16 Å². The number of hydrogen-bond donors (Lipinski definition) is 0. The molecule has 6 heteroatoms. The van der Waals surface area contributed by atoms with Gasteiger partial charge in [0.15, 0.2) is 5.79 Å². The van der Waals surface area contributed by atoms with Crippen molar-refractivity contribution in [2.75, 3.05) is 20.3 Å². The Morgan fingerprint density at radius 3 is 2.69 bits per heavy atom. The van der Waals surface area contributed by atoms with E-state index >= 15 is 0 Å². The van der Waals surface area contributed by atoms with Gasteiger partial charge in [-0.2, -0.15) is 0 Å². The summed E-state index contributed by atoms with van der Waals surface area (Å²) in [6, 6.07) is 0. The lowest BCUT2D eigenvalue weighted by atomic mass is 9.53. The summed E-state index contributed by atoms with van der Waals surface area (Å²) in [6.45, 7) is 5.51. The second-order valence-corrected chi connectivity index (χ2v) is 8.85. The maximum absolute atomic E-state index is 13.0. The second kappa shape index (κ2) is 4.78. The largest absolute Gasteiger partial charge is 0.513 e. The number of Topliss-reactive ketones (excluding diaryl/α,β-unsaturated/α-hetero) is 1. The van der Waals surface area contributed by atoms with Crippen molar-refractivity contribution in [2.45, 2.75) is 38.9 Å². The first-order valence-corrected chi connectivity index (χ1v) is 9.28. The fraction of sp³-hybridized carbons (Fsp3) is 0.700. The van der Waals surface area contributed by atoms with Crippen LogP contribution in [0.25, 0.3) is 0 Å². The molecule has 3 saturated carbocycles. The summed E-state index contributed by atoms with van der Waals surface area (Å²) >= 11 is 0. The number of ether oxygens (including phenoxy) is 4. The van der Waals surface area contributed by atoms with Gasteiger partial charge in [0, 0.05) is 29.6 Å². The zero-order valence-corrected chi connectivity index (χ0v) is 15.4. The summed E-state index contributed by atoms with van der Waals surface area (Å²) in [5.74, 6) is 0.148. The van der Waals surface area contributed by atoms with Gasteiger partial charge < -0.3 is 18.9 Å². The zero-order valence-electron chi connectivity index (χ0n) is 15.4. The maximum atomic E-state index is 13.0. The molecular weight excluding hydrogens is 336 g/mol. The average molecular weight is 360 g/mol. The third kappa shape index (κ3) is 1.66. The Labute approximate surface area is 152 Å². The zero-order chi connectivity index (χ0) is 18.4. The van der Waals surface area contributed by atoms with Crippen LogP contribution in [0.2, 0.25) is 0 Å². The standard InChI is InChI=1S/C20H24O6/c1-17-6-4-5-12(26-16(22)23-3)9-19(17)14-13(21)10-18(2,15(14)19)20(11-17)24-7-8-25-20/h4-5,9,14-15H,6-8,10-11H2,1-3H3/t14-,15-,17+,18+,19?/m0/s1. The van der Waals surface area contributed by atoms with Crippen molar-refractivity contribution >= 4 is 11.9 Å². The van der Waals surface area contributed by atoms with E-state index in [4.69, 9.17) is 14.2 Å². The molecule has 2 spiro atoms. The molecule has 4 aliphatic carbocycles. The lowest BCUT2D eigenvalue weighted by Crippen LogP contribution is -2.59. The molecule has 6 nitrogen and oxygen atoms in total. The molecule has 5 rings (SSSR count). The quantitative estimate of drug-likeness (QED) is 0.670. The summed E-state index contributed by atoms with van der Waals surface area (Å²) in [4.78, 5) is 24.6. The first-order chi connectivity index (χ1) is 12.3. The summed E-state index contributed by atoms with van der Waals surface area (Å²) in [5, 5.41) is 0. The van der Waals surface area contributed by atoms with E-state index in [2.05, 4.69) is 18.6 Å². The van der Waals surface area contributed by atoms with Crippen LogP contribution < -0.4 is 0 Å². The van der Waals surface area contributed by atoms with E-state index in [1.807, 2.05) is 18.2 Å². The SMILES string of the molecule is COC(=O)OC1=CC23[C@H]4[C@@H]2C(=O)C[C@@]4(C)C2(C[C@@]3(C)CC=C1)OCCO2. The van der Waals surface area contributed by atoms with Gasteiger partial charge in [-0.05, 0) is 29.9 Å². The fourth-order valence-electron chi connectivity index (χ4n) is 6.74. The molecule has 0 amide bonds. The minimum absolute atomic E-state index is 0.0548. The Morgan fingerprint density at radius 2 is 2.00 bits per heavy atom. The lowest BCUT2D eigenvalue weighted by Gasteiger charge is -2.56. The molecule has 0 aromatic carbocycles. The highest BCUT2D eigenvalue weighted by molar-refractivity contribution is 5.91. The van der Waals surface area contributed by atoms with Crippen LogP contribution in [-0.2, 0) is 23.7 Å². The minimum Gasteiger partial charge on any atom is -0.437 e. The van der Waals surface area contributed by atoms with Crippen LogP contribution in [0.1, 0.15) is 33.1 Å². The van der Waals surface area contributed by atoms with Crippen LogP contribution in [0.3, 0.4) is 0 Å². The van der Waals surface area contributed by atoms with E-state index in [9.17, 15) is 9.59 Å². The van der Waals surface area contributed by atoms with Crippen LogP contribution in [0.5, 0.6) is 0 Å². The Morgan fingerprint density at radius 1 is 1.27 bits per heavy atom. The van der Waals surface area contributed by atoms with Crippen molar-refractivity contribution in [2.24, 2.45) is 28.1 Å². The van der Waals surface area contributed by atoms with E-state index < -0.39 is 11.9 Å². The predicted molar refractivity (Wildman–Crippen MR) is 89.8 cm³/mol. The van der Waals surface area contributed by atoms with E-state index in [0.29, 0.717) is 25.4 Å². The highest BCUT2D eigenvalue weighted by Gasteiger charge is 2.88. The maximum Gasteiger partial charge on any atom is 0.513 e. The fourth-order valence-corrected chi connectivity index (χ4v) is 6.74. The molecule has 0 aromatic heterocycles. The molecule has 1 aliphatic heterocycles. The van der Waals surface area contributed by atoms with Crippen molar-refractivity contribution in [1.29, 1.82) is 0 Å². The molecule has 0 radical (unpaired) electrons. The molecule has 26 heavy (non-hydrogen) atoms. The number of rotatable bonds is 1. The van der Waals surface area contributed by atoms with Gasteiger partial charge in [0.2, 0.25) is 0 Å². The smallest absolute Gasteiger partial charge is 0.437 e.